The smallest absolute Gasteiger partial charge is 0.154 e. The molecule has 1 aromatic rings. The Labute approximate surface area is 69.0 Å². The number of aldehydes is 1. The highest BCUT2D eigenvalue weighted by Gasteiger charge is 2.10. The lowest BCUT2D eigenvalue weighted by molar-refractivity contribution is -0.116. The summed E-state index contributed by atoms with van der Waals surface area (Å²) in [6.45, 7) is 1.89. The molecule has 3 nitrogen and oxygen atoms in total. The molecule has 4 heteroatoms. The van der Waals surface area contributed by atoms with E-state index < -0.39 is 6.10 Å². The van der Waals surface area contributed by atoms with E-state index in [9.17, 15) is 4.79 Å². The molecule has 0 fully saturated rings. The van der Waals surface area contributed by atoms with Gasteiger partial charge in [0.15, 0.2) is 6.29 Å². The van der Waals surface area contributed by atoms with Gasteiger partial charge in [-0.15, -0.1) is 11.3 Å². The quantitative estimate of drug-likeness (QED) is 0.644. The average molecular weight is 171 g/mol. The number of carbonyl (C=O) groups excluding carboxylic acids is 1. The maximum Gasteiger partial charge on any atom is 0.154 e. The summed E-state index contributed by atoms with van der Waals surface area (Å²) in [5.74, 6) is 0. The maximum absolute atomic E-state index is 10.4. The Kier molecular flexibility index (Phi) is 2.73. The number of aryl methyl sites for hydroxylation is 1. The minimum Gasteiger partial charge on any atom is -0.368 e. The van der Waals surface area contributed by atoms with E-state index in [0.717, 1.165) is 16.2 Å². The first kappa shape index (κ1) is 8.36. The Morgan fingerprint density at radius 1 is 1.82 bits per heavy atom. The zero-order valence-corrected chi connectivity index (χ0v) is 7.22. The van der Waals surface area contributed by atoms with E-state index in [2.05, 4.69) is 4.98 Å². The van der Waals surface area contributed by atoms with Crippen molar-refractivity contribution in [1.82, 2.24) is 4.98 Å². The highest BCUT2D eigenvalue weighted by molar-refractivity contribution is 7.11. The van der Waals surface area contributed by atoms with Gasteiger partial charge in [-0.05, 0) is 6.92 Å². The fourth-order valence-corrected chi connectivity index (χ4v) is 1.57. The lowest BCUT2D eigenvalue weighted by Crippen LogP contribution is -1.99. The normalized spacial score (nSPS) is 12.9. The predicted molar refractivity (Wildman–Crippen MR) is 42.7 cm³/mol. The molecule has 0 saturated heterocycles. The van der Waals surface area contributed by atoms with E-state index >= 15 is 0 Å². The molecule has 1 heterocycles. The van der Waals surface area contributed by atoms with Gasteiger partial charge >= 0.3 is 0 Å². The number of hydrogen-bond donors (Lipinski definition) is 0. The number of thiazole rings is 1. The molecule has 0 saturated carbocycles. The molecular weight excluding hydrogens is 162 g/mol. The zero-order chi connectivity index (χ0) is 8.27. The number of methoxy groups -OCH3 is 1. The molecule has 0 amide bonds. The van der Waals surface area contributed by atoms with E-state index in [1.165, 1.54) is 18.4 Å². The van der Waals surface area contributed by atoms with Crippen molar-refractivity contribution in [3.8, 4) is 0 Å². The van der Waals surface area contributed by atoms with Crippen LogP contribution in [0.2, 0.25) is 0 Å². The van der Waals surface area contributed by atoms with Gasteiger partial charge in [0, 0.05) is 13.3 Å². The molecule has 0 bridgehead atoms. The SMILES string of the molecule is COC(C=O)c1cnc(C)s1. The largest absolute Gasteiger partial charge is 0.368 e. The highest BCUT2D eigenvalue weighted by atomic mass is 32.1. The molecule has 0 aliphatic heterocycles. The summed E-state index contributed by atoms with van der Waals surface area (Å²) in [6.07, 6.45) is 2.00. The molecule has 1 rings (SSSR count). The third-order valence-electron chi connectivity index (χ3n) is 1.30. The Morgan fingerprint density at radius 2 is 2.55 bits per heavy atom. The van der Waals surface area contributed by atoms with Crippen LogP contribution in [0.15, 0.2) is 6.20 Å². The standard InChI is InChI=1S/C7H9NO2S/c1-5-8-3-7(11-5)6(4-9)10-2/h3-4,6H,1-2H3. The summed E-state index contributed by atoms with van der Waals surface area (Å²) in [4.78, 5) is 15.3. The van der Waals surface area contributed by atoms with Crippen molar-refractivity contribution >= 4 is 17.6 Å². The van der Waals surface area contributed by atoms with Gasteiger partial charge in [-0.1, -0.05) is 0 Å². The van der Waals surface area contributed by atoms with Crippen LogP contribution in [0.1, 0.15) is 16.0 Å². The summed E-state index contributed by atoms with van der Waals surface area (Å²) in [7, 11) is 1.51. The summed E-state index contributed by atoms with van der Waals surface area (Å²) in [5.41, 5.74) is 0. The minimum absolute atomic E-state index is 0.443. The van der Waals surface area contributed by atoms with E-state index in [0.29, 0.717) is 0 Å². The van der Waals surface area contributed by atoms with Crippen molar-refractivity contribution < 1.29 is 9.53 Å². The number of hydrogen-bond acceptors (Lipinski definition) is 4. The first-order valence-electron chi connectivity index (χ1n) is 3.18. The molecule has 1 aromatic heterocycles. The van der Waals surface area contributed by atoms with Crippen molar-refractivity contribution in [2.45, 2.75) is 13.0 Å². The van der Waals surface area contributed by atoms with Crippen LogP contribution in [-0.4, -0.2) is 18.4 Å². The summed E-state index contributed by atoms with van der Waals surface area (Å²) >= 11 is 1.48. The molecule has 60 valence electrons. The minimum atomic E-state index is -0.443. The van der Waals surface area contributed by atoms with Crippen LogP contribution >= 0.6 is 11.3 Å². The van der Waals surface area contributed by atoms with E-state index in [1.807, 2.05) is 6.92 Å². The van der Waals surface area contributed by atoms with Crippen LogP contribution < -0.4 is 0 Å². The third kappa shape index (κ3) is 1.85. The monoisotopic (exact) mass is 171 g/mol. The van der Waals surface area contributed by atoms with Gasteiger partial charge in [0.2, 0.25) is 0 Å². The van der Waals surface area contributed by atoms with Gasteiger partial charge in [-0.25, -0.2) is 4.98 Å². The zero-order valence-electron chi connectivity index (χ0n) is 6.40. The Morgan fingerprint density at radius 3 is 2.91 bits per heavy atom. The molecule has 0 aliphatic carbocycles. The molecule has 1 unspecified atom stereocenters. The second-order valence-electron chi connectivity index (χ2n) is 2.07. The lowest BCUT2D eigenvalue weighted by atomic mass is 10.3. The van der Waals surface area contributed by atoms with Crippen molar-refractivity contribution in [1.29, 1.82) is 0 Å². The summed E-state index contributed by atoms with van der Waals surface area (Å²) in [6, 6.07) is 0. The van der Waals surface area contributed by atoms with E-state index in [-0.39, 0.29) is 0 Å². The second kappa shape index (κ2) is 3.59. The van der Waals surface area contributed by atoms with Crippen LogP contribution in [0.4, 0.5) is 0 Å². The Hall–Kier alpha value is -0.740. The molecule has 0 spiro atoms. The van der Waals surface area contributed by atoms with Crippen molar-refractivity contribution in [2.75, 3.05) is 7.11 Å². The molecular formula is C7H9NO2S. The number of ether oxygens (including phenoxy) is 1. The van der Waals surface area contributed by atoms with Gasteiger partial charge < -0.3 is 9.53 Å². The Balaban J connectivity index is 2.81. The number of nitrogens with zero attached hydrogens (tertiary/aromatic N) is 1. The Bertz CT molecular complexity index is 246. The number of carbonyl (C=O) groups is 1. The van der Waals surface area contributed by atoms with E-state index in [4.69, 9.17) is 4.74 Å². The fraction of sp³-hybridized carbons (Fsp3) is 0.429. The van der Waals surface area contributed by atoms with Gasteiger partial charge in [0.25, 0.3) is 0 Å². The van der Waals surface area contributed by atoms with Crippen molar-refractivity contribution in [2.24, 2.45) is 0 Å². The first-order chi connectivity index (χ1) is 5.27. The highest BCUT2D eigenvalue weighted by Crippen LogP contribution is 2.20. The maximum atomic E-state index is 10.4. The van der Waals surface area contributed by atoms with E-state index in [1.54, 1.807) is 6.20 Å². The fourth-order valence-electron chi connectivity index (χ4n) is 0.748. The van der Waals surface area contributed by atoms with Gasteiger partial charge in [0.05, 0.1) is 9.88 Å². The topological polar surface area (TPSA) is 39.2 Å². The van der Waals surface area contributed by atoms with Crippen LogP contribution in [0.5, 0.6) is 0 Å². The van der Waals surface area contributed by atoms with Gasteiger partial charge in [-0.2, -0.15) is 0 Å². The number of aromatic nitrogens is 1. The lowest BCUT2D eigenvalue weighted by Gasteiger charge is -2.02. The summed E-state index contributed by atoms with van der Waals surface area (Å²) in [5, 5.41) is 0.948. The van der Waals surface area contributed by atoms with Gasteiger partial charge in [0.1, 0.15) is 6.10 Å². The second-order valence-corrected chi connectivity index (χ2v) is 3.34. The molecule has 0 aromatic carbocycles. The molecule has 1 atom stereocenters. The molecule has 0 radical (unpaired) electrons. The van der Waals surface area contributed by atoms with Gasteiger partial charge in [-0.3, -0.25) is 0 Å². The third-order valence-corrected chi connectivity index (χ3v) is 2.27. The van der Waals surface area contributed by atoms with Crippen LogP contribution in [-0.2, 0) is 9.53 Å². The summed E-state index contributed by atoms with van der Waals surface area (Å²) < 4.78 is 4.90. The van der Waals surface area contributed by atoms with Crippen LogP contribution in [0, 0.1) is 6.92 Å². The molecule has 0 N–H and O–H groups in total. The van der Waals surface area contributed by atoms with Crippen LogP contribution in [0.3, 0.4) is 0 Å². The van der Waals surface area contributed by atoms with Crippen molar-refractivity contribution in [3.05, 3.63) is 16.1 Å². The number of rotatable bonds is 3. The first-order valence-corrected chi connectivity index (χ1v) is 4.00. The average Bonchev–Trinajstić information content (AvgIpc) is 2.39. The predicted octanol–water partition coefficient (Wildman–Crippen LogP) is 1.34. The molecule has 0 aliphatic rings. The van der Waals surface area contributed by atoms with Crippen LogP contribution in [0.25, 0.3) is 0 Å². The van der Waals surface area contributed by atoms with Crippen molar-refractivity contribution in [3.63, 3.8) is 0 Å². The molecule has 11 heavy (non-hydrogen) atoms.